The number of hydrogen-bond donors (Lipinski definition) is 0. The molecule has 1 heterocycles. The normalized spacial score (nSPS) is 27.6. The Morgan fingerprint density at radius 1 is 1.50 bits per heavy atom. The lowest BCUT2D eigenvalue weighted by molar-refractivity contribution is -0.0812. The minimum Gasteiger partial charge on any atom is -0.372 e. The van der Waals surface area contributed by atoms with Gasteiger partial charge in [-0.25, -0.2) is 0 Å². The number of rotatable bonds is 3. The Labute approximate surface area is 73.3 Å². The van der Waals surface area contributed by atoms with E-state index >= 15 is 0 Å². The van der Waals surface area contributed by atoms with E-state index < -0.39 is 0 Å². The Morgan fingerprint density at radius 3 is 3.25 bits per heavy atom. The van der Waals surface area contributed by atoms with Crippen LogP contribution in [0.1, 0.15) is 13.3 Å². The molecule has 0 N–H and O–H groups in total. The molecule has 0 radical (unpaired) electrons. The maximum absolute atomic E-state index is 5.50. The molecule has 0 aromatic carbocycles. The molecule has 0 aromatic heterocycles. The Hall–Kier alpha value is -0.380. The van der Waals surface area contributed by atoms with Gasteiger partial charge in [0.05, 0.1) is 19.3 Å². The van der Waals surface area contributed by atoms with Crippen LogP contribution in [0.2, 0.25) is 0 Å². The lowest BCUT2D eigenvalue weighted by Crippen LogP contribution is -2.21. The fourth-order valence-electron chi connectivity index (χ4n) is 0.975. The summed E-state index contributed by atoms with van der Waals surface area (Å²) in [6.07, 6.45) is 5.12. The molecule has 3 nitrogen and oxygen atoms in total. The van der Waals surface area contributed by atoms with E-state index in [0.717, 1.165) is 13.0 Å². The molecule has 3 heteroatoms. The summed E-state index contributed by atoms with van der Waals surface area (Å²) in [6, 6.07) is 0. The van der Waals surface area contributed by atoms with Gasteiger partial charge in [0, 0.05) is 6.61 Å². The topological polar surface area (TPSA) is 27.7 Å². The largest absolute Gasteiger partial charge is 0.372 e. The molecule has 12 heavy (non-hydrogen) atoms. The average molecular weight is 172 g/mol. The molecule has 0 aliphatic carbocycles. The van der Waals surface area contributed by atoms with Crippen molar-refractivity contribution >= 4 is 0 Å². The minimum atomic E-state index is 0.105. The summed E-state index contributed by atoms with van der Waals surface area (Å²) >= 11 is 0. The summed E-state index contributed by atoms with van der Waals surface area (Å²) in [5.41, 5.74) is 0. The third kappa shape index (κ3) is 3.85. The van der Waals surface area contributed by atoms with Crippen molar-refractivity contribution in [3.63, 3.8) is 0 Å². The standard InChI is InChI=1S/C9H16O3/c1-2-5-12-9-4-3-6-10-8-11-7-9/h3-4,9H,2,5-8H2,1H3/b4-3+. The van der Waals surface area contributed by atoms with Gasteiger partial charge in [-0.1, -0.05) is 19.1 Å². The summed E-state index contributed by atoms with van der Waals surface area (Å²) in [6.45, 7) is 4.47. The average Bonchev–Trinajstić information content (AvgIpc) is 2.02. The predicted octanol–water partition coefficient (Wildman–Crippen LogP) is 1.34. The van der Waals surface area contributed by atoms with Crippen molar-refractivity contribution in [1.82, 2.24) is 0 Å². The highest BCUT2D eigenvalue weighted by molar-refractivity contribution is 4.90. The van der Waals surface area contributed by atoms with Gasteiger partial charge in [-0.15, -0.1) is 0 Å². The van der Waals surface area contributed by atoms with Gasteiger partial charge in [-0.3, -0.25) is 0 Å². The van der Waals surface area contributed by atoms with Gasteiger partial charge in [0.15, 0.2) is 0 Å². The van der Waals surface area contributed by atoms with Crippen molar-refractivity contribution in [3.05, 3.63) is 12.2 Å². The smallest absolute Gasteiger partial charge is 0.147 e. The van der Waals surface area contributed by atoms with Gasteiger partial charge in [0.1, 0.15) is 6.79 Å². The van der Waals surface area contributed by atoms with Crippen LogP contribution in [0.25, 0.3) is 0 Å². The van der Waals surface area contributed by atoms with E-state index in [2.05, 4.69) is 6.92 Å². The van der Waals surface area contributed by atoms with E-state index in [1.54, 1.807) is 0 Å². The summed E-state index contributed by atoms with van der Waals surface area (Å²) in [5.74, 6) is 0. The first-order valence-corrected chi connectivity index (χ1v) is 4.37. The second-order valence-corrected chi connectivity index (χ2v) is 2.70. The van der Waals surface area contributed by atoms with Gasteiger partial charge in [0.25, 0.3) is 0 Å². The molecule has 1 aliphatic rings. The molecule has 0 spiro atoms. The molecular weight excluding hydrogens is 156 g/mol. The van der Waals surface area contributed by atoms with Crippen LogP contribution in [0, 0.1) is 0 Å². The van der Waals surface area contributed by atoms with E-state index in [1.165, 1.54) is 0 Å². The van der Waals surface area contributed by atoms with Crippen molar-refractivity contribution in [1.29, 1.82) is 0 Å². The number of ether oxygens (including phenoxy) is 3. The Balaban J connectivity index is 2.23. The second kappa shape index (κ2) is 6.17. The zero-order valence-electron chi connectivity index (χ0n) is 7.49. The van der Waals surface area contributed by atoms with E-state index in [4.69, 9.17) is 14.2 Å². The zero-order chi connectivity index (χ0) is 8.65. The highest BCUT2D eigenvalue weighted by Gasteiger charge is 2.05. The van der Waals surface area contributed by atoms with Gasteiger partial charge in [0.2, 0.25) is 0 Å². The van der Waals surface area contributed by atoms with Crippen molar-refractivity contribution < 1.29 is 14.2 Å². The fourth-order valence-corrected chi connectivity index (χ4v) is 0.975. The van der Waals surface area contributed by atoms with Gasteiger partial charge < -0.3 is 14.2 Å². The molecule has 0 aromatic rings. The molecule has 70 valence electrons. The zero-order valence-corrected chi connectivity index (χ0v) is 7.49. The predicted molar refractivity (Wildman–Crippen MR) is 45.9 cm³/mol. The summed E-state index contributed by atoms with van der Waals surface area (Å²) < 4.78 is 15.7. The summed E-state index contributed by atoms with van der Waals surface area (Å²) in [5, 5.41) is 0. The van der Waals surface area contributed by atoms with Crippen LogP contribution in [0.5, 0.6) is 0 Å². The first-order chi connectivity index (χ1) is 5.93. The minimum absolute atomic E-state index is 0.105. The van der Waals surface area contributed by atoms with Crippen LogP contribution in [-0.4, -0.2) is 32.7 Å². The van der Waals surface area contributed by atoms with Crippen LogP contribution >= 0.6 is 0 Å². The Bertz CT molecular complexity index is 134. The van der Waals surface area contributed by atoms with Crippen LogP contribution in [0.15, 0.2) is 12.2 Å². The Kier molecular flexibility index (Phi) is 4.99. The molecule has 1 rings (SSSR count). The molecule has 1 atom stereocenters. The highest BCUT2D eigenvalue weighted by Crippen LogP contribution is 2.00. The highest BCUT2D eigenvalue weighted by atomic mass is 16.7. The third-order valence-corrected chi connectivity index (χ3v) is 1.55. The van der Waals surface area contributed by atoms with Crippen molar-refractivity contribution in [2.24, 2.45) is 0 Å². The SMILES string of the molecule is CCCOC1/C=C/COCOC1. The van der Waals surface area contributed by atoms with Gasteiger partial charge in [-0.05, 0) is 6.42 Å². The molecular formula is C9H16O3. The maximum atomic E-state index is 5.50. The van der Waals surface area contributed by atoms with Crippen molar-refractivity contribution in [2.45, 2.75) is 19.4 Å². The molecule has 1 unspecified atom stereocenters. The van der Waals surface area contributed by atoms with Crippen LogP contribution in [0.3, 0.4) is 0 Å². The van der Waals surface area contributed by atoms with E-state index in [0.29, 0.717) is 20.0 Å². The van der Waals surface area contributed by atoms with Gasteiger partial charge in [-0.2, -0.15) is 0 Å². The van der Waals surface area contributed by atoms with E-state index in [1.807, 2.05) is 12.2 Å². The molecule has 0 bridgehead atoms. The first kappa shape index (κ1) is 9.71. The van der Waals surface area contributed by atoms with E-state index in [-0.39, 0.29) is 6.10 Å². The lowest BCUT2D eigenvalue weighted by atomic mass is 10.3. The van der Waals surface area contributed by atoms with Crippen LogP contribution in [-0.2, 0) is 14.2 Å². The summed E-state index contributed by atoms with van der Waals surface area (Å²) in [4.78, 5) is 0. The third-order valence-electron chi connectivity index (χ3n) is 1.55. The first-order valence-electron chi connectivity index (χ1n) is 4.37. The number of hydrogen-bond acceptors (Lipinski definition) is 3. The van der Waals surface area contributed by atoms with Crippen LogP contribution < -0.4 is 0 Å². The lowest BCUT2D eigenvalue weighted by Gasteiger charge is -2.16. The Morgan fingerprint density at radius 2 is 2.42 bits per heavy atom. The van der Waals surface area contributed by atoms with Gasteiger partial charge >= 0.3 is 0 Å². The molecule has 1 aliphatic heterocycles. The van der Waals surface area contributed by atoms with E-state index in [9.17, 15) is 0 Å². The molecule has 0 fully saturated rings. The van der Waals surface area contributed by atoms with Crippen LogP contribution in [0.4, 0.5) is 0 Å². The fraction of sp³-hybridized carbons (Fsp3) is 0.778. The molecule has 0 amide bonds. The summed E-state index contributed by atoms with van der Waals surface area (Å²) in [7, 11) is 0. The monoisotopic (exact) mass is 172 g/mol. The maximum Gasteiger partial charge on any atom is 0.147 e. The van der Waals surface area contributed by atoms with Crippen molar-refractivity contribution in [3.8, 4) is 0 Å². The second-order valence-electron chi connectivity index (χ2n) is 2.70. The quantitative estimate of drug-likeness (QED) is 0.601. The van der Waals surface area contributed by atoms with Crippen molar-refractivity contribution in [2.75, 3.05) is 26.6 Å². The molecule has 0 saturated carbocycles. The molecule has 0 saturated heterocycles.